The number of nitrogens with zero attached hydrogens (tertiary/aromatic N) is 1. The van der Waals surface area contributed by atoms with Gasteiger partial charge in [-0.25, -0.2) is 0 Å². The summed E-state index contributed by atoms with van der Waals surface area (Å²) < 4.78 is 0. The molecule has 1 aliphatic heterocycles. The minimum Gasteiger partial charge on any atom is -0.319 e. The van der Waals surface area contributed by atoms with Crippen LogP contribution in [0.3, 0.4) is 0 Å². The number of aryl methyl sites for hydroxylation is 1. The Morgan fingerprint density at radius 2 is 2.22 bits per heavy atom. The second-order valence-electron chi connectivity index (χ2n) is 5.34. The fourth-order valence-corrected chi connectivity index (χ4v) is 4.28. The lowest BCUT2D eigenvalue weighted by molar-refractivity contribution is 0.165. The summed E-state index contributed by atoms with van der Waals surface area (Å²) in [5, 5.41) is 3.39. The van der Waals surface area contributed by atoms with Gasteiger partial charge in [-0.15, -0.1) is 11.3 Å². The van der Waals surface area contributed by atoms with E-state index < -0.39 is 0 Å². The molecular weight excluding hydrogens is 240 g/mol. The zero-order chi connectivity index (χ0) is 13.0. The van der Waals surface area contributed by atoms with Crippen molar-refractivity contribution in [2.45, 2.75) is 39.2 Å². The van der Waals surface area contributed by atoms with Crippen LogP contribution in [-0.4, -0.2) is 31.6 Å². The maximum atomic E-state index is 3.39. The monoisotopic (exact) mass is 266 g/mol. The van der Waals surface area contributed by atoms with Crippen molar-refractivity contribution < 1.29 is 0 Å². The largest absolute Gasteiger partial charge is 0.319 e. The molecule has 1 aromatic rings. The van der Waals surface area contributed by atoms with E-state index in [1.54, 1.807) is 4.88 Å². The molecule has 0 aliphatic carbocycles. The van der Waals surface area contributed by atoms with Gasteiger partial charge in [-0.2, -0.15) is 0 Å². The van der Waals surface area contributed by atoms with Gasteiger partial charge in [0.2, 0.25) is 0 Å². The first-order valence-corrected chi connectivity index (χ1v) is 8.03. The second kappa shape index (κ2) is 6.69. The molecule has 2 heterocycles. The van der Waals surface area contributed by atoms with Crippen LogP contribution in [0, 0.1) is 12.8 Å². The molecule has 1 N–H and O–H groups in total. The van der Waals surface area contributed by atoms with E-state index in [1.165, 1.54) is 37.2 Å². The number of hydrogen-bond donors (Lipinski definition) is 1. The molecule has 1 fully saturated rings. The Hall–Kier alpha value is -0.380. The normalized spacial score (nSPS) is 26.2. The summed E-state index contributed by atoms with van der Waals surface area (Å²) >= 11 is 1.98. The molecule has 18 heavy (non-hydrogen) atoms. The molecular formula is C15H26N2S. The van der Waals surface area contributed by atoms with Crippen LogP contribution in [0.4, 0.5) is 0 Å². The molecule has 2 unspecified atom stereocenters. The summed E-state index contributed by atoms with van der Waals surface area (Å²) in [6.45, 7) is 8.09. The van der Waals surface area contributed by atoms with Crippen LogP contribution in [0.25, 0.3) is 0 Å². The van der Waals surface area contributed by atoms with E-state index in [0.717, 1.165) is 12.5 Å². The first-order chi connectivity index (χ1) is 8.76. The molecule has 2 rings (SSSR count). The Bertz CT molecular complexity index is 361. The minimum absolute atomic E-state index is 0.628. The van der Waals surface area contributed by atoms with Crippen LogP contribution < -0.4 is 5.32 Å². The third-order valence-corrected chi connectivity index (χ3v) is 5.11. The topological polar surface area (TPSA) is 15.3 Å². The zero-order valence-electron chi connectivity index (χ0n) is 11.9. The van der Waals surface area contributed by atoms with Crippen LogP contribution >= 0.6 is 11.3 Å². The zero-order valence-corrected chi connectivity index (χ0v) is 12.7. The van der Waals surface area contributed by atoms with E-state index in [0.29, 0.717) is 6.04 Å². The molecule has 0 radical (unpaired) electrons. The van der Waals surface area contributed by atoms with Gasteiger partial charge in [0.25, 0.3) is 0 Å². The van der Waals surface area contributed by atoms with Crippen LogP contribution in [-0.2, 0) is 0 Å². The summed E-state index contributed by atoms with van der Waals surface area (Å²) in [4.78, 5) is 5.69. The first-order valence-electron chi connectivity index (χ1n) is 7.21. The molecule has 2 atom stereocenters. The van der Waals surface area contributed by atoms with E-state index >= 15 is 0 Å². The lowest BCUT2D eigenvalue weighted by Gasteiger charge is -2.33. The summed E-state index contributed by atoms with van der Waals surface area (Å²) in [6.07, 6.45) is 4.09. The average molecular weight is 266 g/mol. The van der Waals surface area contributed by atoms with Gasteiger partial charge in [0.15, 0.2) is 0 Å². The van der Waals surface area contributed by atoms with Crippen LogP contribution in [0.5, 0.6) is 0 Å². The first kappa shape index (κ1) is 14.0. The van der Waals surface area contributed by atoms with E-state index in [9.17, 15) is 0 Å². The van der Waals surface area contributed by atoms with E-state index in [4.69, 9.17) is 0 Å². The molecule has 0 spiro atoms. The third kappa shape index (κ3) is 3.14. The van der Waals surface area contributed by atoms with Crippen LogP contribution in [0.2, 0.25) is 0 Å². The molecule has 1 aliphatic rings. The predicted octanol–water partition coefficient (Wildman–Crippen LogP) is 3.44. The number of hydrogen-bond acceptors (Lipinski definition) is 3. The fourth-order valence-electron chi connectivity index (χ4n) is 3.17. The maximum Gasteiger partial charge on any atom is 0.0481 e. The van der Waals surface area contributed by atoms with Gasteiger partial charge < -0.3 is 5.32 Å². The van der Waals surface area contributed by atoms with Gasteiger partial charge in [0, 0.05) is 15.8 Å². The molecule has 2 nitrogen and oxygen atoms in total. The Balaban J connectivity index is 2.25. The van der Waals surface area contributed by atoms with Gasteiger partial charge in [-0.1, -0.05) is 13.3 Å². The molecule has 0 amide bonds. The summed E-state index contributed by atoms with van der Waals surface area (Å²) in [7, 11) is 2.08. The molecule has 0 aromatic carbocycles. The maximum absolute atomic E-state index is 3.39. The minimum atomic E-state index is 0.628. The van der Waals surface area contributed by atoms with E-state index in [1.807, 2.05) is 11.3 Å². The second-order valence-corrected chi connectivity index (χ2v) is 6.65. The van der Waals surface area contributed by atoms with Crippen molar-refractivity contribution in [2.24, 2.45) is 5.92 Å². The summed E-state index contributed by atoms with van der Waals surface area (Å²) in [5.41, 5.74) is 0. The lowest BCUT2D eigenvalue weighted by Crippen LogP contribution is -2.35. The predicted molar refractivity (Wildman–Crippen MR) is 80.3 cm³/mol. The van der Waals surface area contributed by atoms with E-state index in [-0.39, 0.29) is 0 Å². The van der Waals surface area contributed by atoms with Crippen molar-refractivity contribution >= 4 is 11.3 Å². The smallest absolute Gasteiger partial charge is 0.0481 e. The molecule has 3 heteroatoms. The standard InChI is InChI=1S/C15H26N2S/c1-4-17-10-6-5-7-13(11-16-3)15(17)14-9-8-12(2)18-14/h8-9,13,15-16H,4-7,10-11H2,1-3H3. The van der Waals surface area contributed by atoms with Gasteiger partial charge in [0.05, 0.1) is 0 Å². The van der Waals surface area contributed by atoms with Crippen molar-refractivity contribution in [1.29, 1.82) is 0 Å². The molecule has 1 aromatic heterocycles. The van der Waals surface area contributed by atoms with Crippen molar-refractivity contribution in [2.75, 3.05) is 26.7 Å². The van der Waals surface area contributed by atoms with Gasteiger partial charge >= 0.3 is 0 Å². The molecule has 0 saturated carbocycles. The van der Waals surface area contributed by atoms with Gasteiger partial charge in [0.1, 0.15) is 0 Å². The van der Waals surface area contributed by atoms with E-state index in [2.05, 4.69) is 43.2 Å². The Morgan fingerprint density at radius 1 is 1.39 bits per heavy atom. The van der Waals surface area contributed by atoms with Crippen molar-refractivity contribution in [3.05, 3.63) is 21.9 Å². The Kier molecular flexibility index (Phi) is 5.22. The Labute approximate surface area is 115 Å². The van der Waals surface area contributed by atoms with Gasteiger partial charge in [-0.05, 0) is 64.5 Å². The number of rotatable bonds is 4. The quantitative estimate of drug-likeness (QED) is 0.898. The lowest BCUT2D eigenvalue weighted by atomic mass is 9.93. The molecule has 102 valence electrons. The Morgan fingerprint density at radius 3 is 2.83 bits per heavy atom. The third-order valence-electron chi connectivity index (χ3n) is 4.04. The van der Waals surface area contributed by atoms with Crippen molar-refractivity contribution in [3.8, 4) is 0 Å². The molecule has 1 saturated heterocycles. The number of nitrogens with one attached hydrogen (secondary N) is 1. The summed E-state index contributed by atoms with van der Waals surface area (Å²) in [6, 6.07) is 5.25. The fraction of sp³-hybridized carbons (Fsp3) is 0.733. The highest BCUT2D eigenvalue weighted by Gasteiger charge is 2.30. The van der Waals surface area contributed by atoms with Gasteiger partial charge in [-0.3, -0.25) is 4.90 Å². The number of thiophene rings is 1. The van der Waals surface area contributed by atoms with Crippen molar-refractivity contribution in [3.63, 3.8) is 0 Å². The highest BCUT2D eigenvalue weighted by molar-refractivity contribution is 7.12. The average Bonchev–Trinajstić information content (AvgIpc) is 2.68. The van der Waals surface area contributed by atoms with Crippen LogP contribution in [0.15, 0.2) is 12.1 Å². The SMILES string of the molecule is CCN1CCCCC(CNC)C1c1ccc(C)s1. The molecule has 0 bridgehead atoms. The highest BCUT2D eigenvalue weighted by Crippen LogP contribution is 2.37. The highest BCUT2D eigenvalue weighted by atomic mass is 32.1. The van der Waals surface area contributed by atoms with Crippen LogP contribution in [0.1, 0.15) is 42.0 Å². The number of likely N-dealkylation sites (tertiary alicyclic amines) is 1. The summed E-state index contributed by atoms with van der Waals surface area (Å²) in [5.74, 6) is 0.760. The van der Waals surface area contributed by atoms with Crippen molar-refractivity contribution in [1.82, 2.24) is 10.2 Å².